The second kappa shape index (κ2) is 4.59. The van der Waals surface area contributed by atoms with E-state index >= 15 is 0 Å². The van der Waals surface area contributed by atoms with E-state index in [1.165, 1.54) is 7.11 Å². The van der Waals surface area contributed by atoms with Crippen LogP contribution in [0.4, 0.5) is 0 Å². The van der Waals surface area contributed by atoms with Gasteiger partial charge in [0.15, 0.2) is 5.71 Å². The Morgan fingerprint density at radius 3 is 2.60 bits per heavy atom. The standard InChI is InChI=1S/C11H13NO3/c1-7-4-5-8(2)9(6-7)10(11(13)14)12-15-3/h4-6H,1-3H3,(H,13,14). The molecule has 0 unspecified atom stereocenters. The van der Waals surface area contributed by atoms with E-state index in [4.69, 9.17) is 5.11 Å². The van der Waals surface area contributed by atoms with Crippen molar-refractivity contribution in [2.24, 2.45) is 5.16 Å². The Hall–Kier alpha value is -1.84. The van der Waals surface area contributed by atoms with Crippen LogP contribution in [-0.2, 0) is 9.63 Å². The molecule has 0 aromatic heterocycles. The van der Waals surface area contributed by atoms with Crippen LogP contribution in [0.15, 0.2) is 23.4 Å². The van der Waals surface area contributed by atoms with Crippen molar-refractivity contribution in [1.29, 1.82) is 0 Å². The first kappa shape index (κ1) is 11.2. The normalized spacial score (nSPS) is 11.3. The van der Waals surface area contributed by atoms with Crippen LogP contribution in [-0.4, -0.2) is 23.9 Å². The molecule has 0 radical (unpaired) electrons. The van der Waals surface area contributed by atoms with Gasteiger partial charge in [0.1, 0.15) is 7.11 Å². The number of benzene rings is 1. The Morgan fingerprint density at radius 1 is 1.40 bits per heavy atom. The van der Waals surface area contributed by atoms with Gasteiger partial charge >= 0.3 is 5.97 Å². The lowest BCUT2D eigenvalue weighted by Crippen LogP contribution is -2.16. The highest BCUT2D eigenvalue weighted by atomic mass is 16.6. The van der Waals surface area contributed by atoms with Gasteiger partial charge in [-0.25, -0.2) is 4.79 Å². The van der Waals surface area contributed by atoms with E-state index in [0.29, 0.717) is 5.56 Å². The van der Waals surface area contributed by atoms with E-state index in [2.05, 4.69) is 9.99 Å². The topological polar surface area (TPSA) is 58.9 Å². The van der Waals surface area contributed by atoms with Crippen LogP contribution in [0.25, 0.3) is 0 Å². The number of hydrogen-bond acceptors (Lipinski definition) is 3. The van der Waals surface area contributed by atoms with E-state index in [9.17, 15) is 4.79 Å². The molecule has 4 nitrogen and oxygen atoms in total. The van der Waals surface area contributed by atoms with E-state index in [-0.39, 0.29) is 5.71 Å². The lowest BCUT2D eigenvalue weighted by atomic mass is 10.0. The van der Waals surface area contributed by atoms with Crippen LogP contribution < -0.4 is 0 Å². The molecule has 0 amide bonds. The molecular formula is C11H13NO3. The second-order valence-corrected chi connectivity index (χ2v) is 3.25. The van der Waals surface area contributed by atoms with Crippen LogP contribution in [0.5, 0.6) is 0 Å². The summed E-state index contributed by atoms with van der Waals surface area (Å²) in [5.41, 5.74) is 2.36. The number of nitrogens with zero attached hydrogens (tertiary/aromatic N) is 1. The molecule has 0 saturated heterocycles. The number of rotatable bonds is 3. The van der Waals surface area contributed by atoms with Crippen molar-refractivity contribution in [2.75, 3.05) is 7.11 Å². The number of carboxylic acid groups (broad SMARTS) is 1. The lowest BCUT2D eigenvalue weighted by molar-refractivity contribution is -0.129. The third-order valence-corrected chi connectivity index (χ3v) is 2.03. The Morgan fingerprint density at radius 2 is 2.07 bits per heavy atom. The summed E-state index contributed by atoms with van der Waals surface area (Å²) in [6.07, 6.45) is 0. The fraction of sp³-hybridized carbons (Fsp3) is 0.273. The molecule has 0 bridgehead atoms. The second-order valence-electron chi connectivity index (χ2n) is 3.25. The Balaban J connectivity index is 3.28. The molecule has 0 aliphatic rings. The zero-order valence-electron chi connectivity index (χ0n) is 8.94. The Labute approximate surface area is 88.2 Å². The van der Waals surface area contributed by atoms with Crippen molar-refractivity contribution in [2.45, 2.75) is 13.8 Å². The molecule has 1 N–H and O–H groups in total. The molecule has 1 aromatic rings. The number of carboxylic acids is 1. The number of oxime groups is 1. The third-order valence-electron chi connectivity index (χ3n) is 2.03. The van der Waals surface area contributed by atoms with Crippen molar-refractivity contribution in [3.63, 3.8) is 0 Å². The van der Waals surface area contributed by atoms with Crippen LogP contribution in [0.3, 0.4) is 0 Å². The van der Waals surface area contributed by atoms with Gasteiger partial charge in [0, 0.05) is 5.56 Å². The van der Waals surface area contributed by atoms with Gasteiger partial charge in [0.25, 0.3) is 0 Å². The number of carbonyl (C=O) groups is 1. The molecule has 15 heavy (non-hydrogen) atoms. The molecule has 0 fully saturated rings. The molecule has 0 saturated carbocycles. The summed E-state index contributed by atoms with van der Waals surface area (Å²) < 4.78 is 0. The smallest absolute Gasteiger partial charge is 0.358 e. The maximum Gasteiger partial charge on any atom is 0.358 e. The van der Waals surface area contributed by atoms with Crippen LogP contribution in [0.2, 0.25) is 0 Å². The van der Waals surface area contributed by atoms with E-state index in [1.54, 1.807) is 6.07 Å². The molecule has 4 heteroatoms. The van der Waals surface area contributed by atoms with Crippen molar-refractivity contribution in [3.8, 4) is 0 Å². The third kappa shape index (κ3) is 2.56. The molecule has 0 atom stereocenters. The molecule has 80 valence electrons. The monoisotopic (exact) mass is 207 g/mol. The van der Waals surface area contributed by atoms with Crippen LogP contribution >= 0.6 is 0 Å². The van der Waals surface area contributed by atoms with Crippen molar-refractivity contribution >= 4 is 11.7 Å². The number of aliphatic carboxylic acids is 1. The fourth-order valence-electron chi connectivity index (χ4n) is 1.29. The average molecular weight is 207 g/mol. The average Bonchev–Trinajstić information content (AvgIpc) is 2.18. The van der Waals surface area contributed by atoms with Crippen molar-refractivity contribution in [3.05, 3.63) is 34.9 Å². The van der Waals surface area contributed by atoms with E-state index in [1.807, 2.05) is 26.0 Å². The maximum absolute atomic E-state index is 10.9. The molecule has 0 aliphatic carbocycles. The summed E-state index contributed by atoms with van der Waals surface area (Å²) in [7, 11) is 1.33. The highest BCUT2D eigenvalue weighted by Crippen LogP contribution is 2.12. The molecule has 0 heterocycles. The molecular weight excluding hydrogens is 194 g/mol. The van der Waals surface area contributed by atoms with Crippen molar-refractivity contribution in [1.82, 2.24) is 0 Å². The predicted octanol–water partition coefficient (Wildman–Crippen LogP) is 1.74. The lowest BCUT2D eigenvalue weighted by Gasteiger charge is -2.05. The summed E-state index contributed by atoms with van der Waals surface area (Å²) in [4.78, 5) is 15.5. The molecule has 1 aromatic carbocycles. The highest BCUT2D eigenvalue weighted by molar-refractivity contribution is 6.42. The number of hydrogen-bond donors (Lipinski definition) is 1. The Bertz CT molecular complexity index is 410. The summed E-state index contributed by atoms with van der Waals surface area (Å²) in [5, 5.41) is 12.5. The highest BCUT2D eigenvalue weighted by Gasteiger charge is 2.15. The SMILES string of the molecule is CON=C(C(=O)O)c1cc(C)ccc1C. The van der Waals surface area contributed by atoms with Crippen LogP contribution in [0.1, 0.15) is 16.7 Å². The first-order valence-corrected chi connectivity index (χ1v) is 4.48. The molecule has 0 spiro atoms. The van der Waals surface area contributed by atoms with E-state index < -0.39 is 5.97 Å². The van der Waals surface area contributed by atoms with E-state index in [0.717, 1.165) is 11.1 Å². The van der Waals surface area contributed by atoms with Gasteiger partial charge < -0.3 is 9.94 Å². The summed E-state index contributed by atoms with van der Waals surface area (Å²) in [6, 6.07) is 5.56. The van der Waals surface area contributed by atoms with Gasteiger partial charge in [-0.1, -0.05) is 22.9 Å². The van der Waals surface area contributed by atoms with Gasteiger partial charge in [-0.15, -0.1) is 0 Å². The minimum atomic E-state index is -1.09. The van der Waals surface area contributed by atoms with Gasteiger partial charge in [0.05, 0.1) is 0 Å². The largest absolute Gasteiger partial charge is 0.476 e. The van der Waals surface area contributed by atoms with Crippen LogP contribution in [0, 0.1) is 13.8 Å². The summed E-state index contributed by atoms with van der Waals surface area (Å²) >= 11 is 0. The Kier molecular flexibility index (Phi) is 3.44. The summed E-state index contributed by atoms with van der Waals surface area (Å²) in [6.45, 7) is 3.73. The zero-order chi connectivity index (χ0) is 11.4. The minimum absolute atomic E-state index is 0.0706. The van der Waals surface area contributed by atoms with Gasteiger partial charge in [-0.05, 0) is 25.5 Å². The first-order chi connectivity index (χ1) is 7.06. The number of aryl methyl sites for hydroxylation is 2. The fourth-order valence-corrected chi connectivity index (χ4v) is 1.29. The summed E-state index contributed by atoms with van der Waals surface area (Å²) in [5.74, 6) is -1.09. The molecule has 1 rings (SSSR count). The zero-order valence-corrected chi connectivity index (χ0v) is 8.94. The quantitative estimate of drug-likeness (QED) is 0.606. The first-order valence-electron chi connectivity index (χ1n) is 4.48. The molecule has 0 aliphatic heterocycles. The van der Waals surface area contributed by atoms with Gasteiger partial charge in [-0.2, -0.15) is 0 Å². The predicted molar refractivity (Wildman–Crippen MR) is 57.1 cm³/mol. The minimum Gasteiger partial charge on any atom is -0.476 e. The van der Waals surface area contributed by atoms with Crippen molar-refractivity contribution < 1.29 is 14.7 Å². The van der Waals surface area contributed by atoms with Gasteiger partial charge in [0.2, 0.25) is 0 Å². The maximum atomic E-state index is 10.9. The van der Waals surface area contributed by atoms with Gasteiger partial charge in [-0.3, -0.25) is 0 Å².